The number of fused-ring (bicyclic) bond motifs is 1. The number of amides is 2. The minimum absolute atomic E-state index is 0.162. The van der Waals surface area contributed by atoms with Gasteiger partial charge in [-0.3, -0.25) is 24.1 Å². The topological polar surface area (TPSA) is 109 Å². The summed E-state index contributed by atoms with van der Waals surface area (Å²) in [6, 6.07) is 13.0. The molecule has 0 aliphatic carbocycles. The van der Waals surface area contributed by atoms with Crippen molar-refractivity contribution in [2.24, 2.45) is 5.92 Å². The van der Waals surface area contributed by atoms with E-state index in [2.05, 4.69) is 9.97 Å². The van der Waals surface area contributed by atoms with Crippen LogP contribution < -0.4 is 10.5 Å². The van der Waals surface area contributed by atoms with Gasteiger partial charge in [0.25, 0.3) is 5.56 Å². The van der Waals surface area contributed by atoms with Crippen LogP contribution in [0.4, 0.5) is 5.69 Å². The van der Waals surface area contributed by atoms with E-state index in [9.17, 15) is 19.2 Å². The number of nitrogens with zero attached hydrogens (tertiary/aromatic N) is 2. The number of anilines is 1. The average Bonchev–Trinajstić information content (AvgIpc) is 3.03. The van der Waals surface area contributed by atoms with E-state index >= 15 is 0 Å². The molecule has 2 unspecified atom stereocenters. The molecule has 1 N–H and O–H groups in total. The summed E-state index contributed by atoms with van der Waals surface area (Å²) in [6.45, 7) is 0. The molecule has 1 aliphatic heterocycles. The number of nitrogens with one attached hydrogen (secondary N) is 1. The van der Waals surface area contributed by atoms with E-state index in [-0.39, 0.29) is 12.1 Å². The molecule has 1 fully saturated rings. The number of esters is 1. The molecule has 0 bridgehead atoms. The van der Waals surface area contributed by atoms with Crippen LogP contribution in [-0.4, -0.2) is 34.9 Å². The van der Waals surface area contributed by atoms with Crippen molar-refractivity contribution in [2.75, 3.05) is 12.0 Å². The number of rotatable bonds is 4. The molecular formula is C21H16ClN3O5. The lowest BCUT2D eigenvalue weighted by molar-refractivity contribution is -0.145. The number of ether oxygens (including phenoxy) is 1. The van der Waals surface area contributed by atoms with Crippen LogP contribution in [0.3, 0.4) is 0 Å². The second kappa shape index (κ2) is 7.72. The highest BCUT2D eigenvalue weighted by molar-refractivity contribution is 6.30. The zero-order valence-corrected chi connectivity index (χ0v) is 16.6. The van der Waals surface area contributed by atoms with Crippen molar-refractivity contribution in [3.8, 4) is 0 Å². The van der Waals surface area contributed by atoms with Crippen LogP contribution in [0.15, 0.2) is 53.3 Å². The van der Waals surface area contributed by atoms with E-state index in [1.807, 2.05) is 0 Å². The highest BCUT2D eigenvalue weighted by Crippen LogP contribution is 2.36. The van der Waals surface area contributed by atoms with Gasteiger partial charge in [-0.1, -0.05) is 23.7 Å². The van der Waals surface area contributed by atoms with Crippen LogP contribution in [0.1, 0.15) is 18.0 Å². The Morgan fingerprint density at radius 2 is 1.87 bits per heavy atom. The molecule has 2 amide bonds. The van der Waals surface area contributed by atoms with E-state index in [4.69, 9.17) is 16.3 Å². The van der Waals surface area contributed by atoms with E-state index in [1.54, 1.807) is 36.4 Å². The fraction of sp³-hybridized carbons (Fsp3) is 0.190. The molecule has 1 saturated heterocycles. The third-order valence-electron chi connectivity index (χ3n) is 5.04. The van der Waals surface area contributed by atoms with Gasteiger partial charge in [-0.05, 0) is 36.4 Å². The van der Waals surface area contributed by atoms with Gasteiger partial charge in [0.15, 0.2) is 0 Å². The van der Waals surface area contributed by atoms with Crippen molar-refractivity contribution in [3.05, 3.63) is 69.6 Å². The maximum Gasteiger partial charge on any atom is 0.315 e. The lowest BCUT2D eigenvalue weighted by atomic mass is 9.88. The van der Waals surface area contributed by atoms with E-state index < -0.39 is 35.2 Å². The molecule has 2 aromatic carbocycles. The number of hydrogen-bond donors (Lipinski definition) is 1. The Bertz CT molecular complexity index is 1220. The Morgan fingerprint density at radius 3 is 2.57 bits per heavy atom. The summed E-state index contributed by atoms with van der Waals surface area (Å²) in [7, 11) is 1.16. The van der Waals surface area contributed by atoms with Gasteiger partial charge >= 0.3 is 5.97 Å². The number of benzene rings is 2. The first-order valence-corrected chi connectivity index (χ1v) is 9.47. The van der Waals surface area contributed by atoms with Gasteiger partial charge in [-0.25, -0.2) is 4.98 Å². The largest absolute Gasteiger partial charge is 0.468 e. The second-order valence-electron chi connectivity index (χ2n) is 6.82. The Labute approximate surface area is 175 Å². The summed E-state index contributed by atoms with van der Waals surface area (Å²) < 4.78 is 4.86. The van der Waals surface area contributed by atoms with Crippen molar-refractivity contribution < 1.29 is 19.1 Å². The quantitative estimate of drug-likeness (QED) is 0.507. The third-order valence-corrected chi connectivity index (χ3v) is 5.30. The molecule has 3 aromatic rings. The van der Waals surface area contributed by atoms with Crippen LogP contribution in [0.5, 0.6) is 0 Å². The van der Waals surface area contributed by atoms with Crippen LogP contribution in [0.25, 0.3) is 11.0 Å². The molecule has 4 rings (SSSR count). The number of aromatic nitrogens is 2. The molecule has 8 nitrogen and oxygen atoms in total. The van der Waals surface area contributed by atoms with Gasteiger partial charge in [-0.2, -0.15) is 0 Å². The second-order valence-corrected chi connectivity index (χ2v) is 7.26. The van der Waals surface area contributed by atoms with Gasteiger partial charge in [0, 0.05) is 11.4 Å². The third kappa shape index (κ3) is 3.35. The Kier molecular flexibility index (Phi) is 5.09. The standard InChI is InChI=1S/C21H16ClN3O5/c1-30-21(29)17(18-19(27)24-15-5-3-2-4-14(15)23-18)13-10-16(26)25(20(13)28)12-8-6-11(22)7-9-12/h2-9,13,17H,10H2,1H3,(H,24,27). The monoisotopic (exact) mass is 425 g/mol. The molecular weight excluding hydrogens is 410 g/mol. The molecule has 1 aromatic heterocycles. The number of para-hydroxylation sites is 2. The lowest BCUT2D eigenvalue weighted by Crippen LogP contribution is -2.36. The molecule has 152 valence electrons. The number of methoxy groups -OCH3 is 1. The first-order valence-electron chi connectivity index (χ1n) is 9.10. The normalized spacial score (nSPS) is 17.4. The SMILES string of the molecule is COC(=O)C(c1nc2ccccc2[nH]c1=O)C1CC(=O)N(c2ccc(Cl)cc2)C1=O. The first kappa shape index (κ1) is 19.8. The number of imide groups is 1. The van der Waals surface area contributed by atoms with Gasteiger partial charge in [-0.15, -0.1) is 0 Å². The maximum absolute atomic E-state index is 13.1. The maximum atomic E-state index is 13.1. The summed E-state index contributed by atoms with van der Waals surface area (Å²) in [5.41, 5.74) is 0.499. The number of H-pyrrole nitrogens is 1. The van der Waals surface area contributed by atoms with E-state index in [1.165, 1.54) is 12.1 Å². The molecule has 2 heterocycles. The van der Waals surface area contributed by atoms with Crippen LogP contribution in [0, 0.1) is 5.92 Å². The predicted octanol–water partition coefficient (Wildman–Crippen LogP) is 2.41. The molecule has 1 aliphatic rings. The molecule has 2 atom stereocenters. The van der Waals surface area contributed by atoms with Crippen molar-refractivity contribution in [3.63, 3.8) is 0 Å². The predicted molar refractivity (Wildman–Crippen MR) is 109 cm³/mol. The Morgan fingerprint density at radius 1 is 1.17 bits per heavy atom. The molecule has 0 radical (unpaired) electrons. The fourth-order valence-corrected chi connectivity index (χ4v) is 3.75. The zero-order chi connectivity index (χ0) is 21.4. The minimum atomic E-state index is -1.32. The van der Waals surface area contributed by atoms with Crippen molar-refractivity contribution in [1.82, 2.24) is 9.97 Å². The van der Waals surface area contributed by atoms with Crippen molar-refractivity contribution >= 4 is 46.1 Å². The van der Waals surface area contributed by atoms with E-state index in [0.717, 1.165) is 12.0 Å². The van der Waals surface area contributed by atoms with Crippen molar-refractivity contribution in [1.29, 1.82) is 0 Å². The zero-order valence-electron chi connectivity index (χ0n) is 15.8. The highest BCUT2D eigenvalue weighted by atomic mass is 35.5. The summed E-state index contributed by atoms with van der Waals surface area (Å²) >= 11 is 5.88. The number of aromatic amines is 1. The molecule has 9 heteroatoms. The Hall–Kier alpha value is -3.52. The van der Waals surface area contributed by atoms with Gasteiger partial charge < -0.3 is 9.72 Å². The first-order chi connectivity index (χ1) is 14.4. The van der Waals surface area contributed by atoms with Crippen LogP contribution >= 0.6 is 11.6 Å². The summed E-state index contributed by atoms with van der Waals surface area (Å²) in [5.74, 6) is -4.34. The minimum Gasteiger partial charge on any atom is -0.468 e. The molecule has 0 spiro atoms. The average molecular weight is 426 g/mol. The number of carbonyl (C=O) groups excluding carboxylic acids is 3. The summed E-state index contributed by atoms with van der Waals surface area (Å²) in [5, 5.41) is 0.453. The molecule has 30 heavy (non-hydrogen) atoms. The lowest BCUT2D eigenvalue weighted by Gasteiger charge is -2.20. The number of hydrogen-bond acceptors (Lipinski definition) is 6. The number of halogens is 1. The highest BCUT2D eigenvalue weighted by Gasteiger charge is 2.48. The summed E-state index contributed by atoms with van der Waals surface area (Å²) in [6.07, 6.45) is -0.255. The van der Waals surface area contributed by atoms with Crippen molar-refractivity contribution in [2.45, 2.75) is 12.3 Å². The summed E-state index contributed by atoms with van der Waals surface area (Å²) in [4.78, 5) is 59.0. The van der Waals surface area contributed by atoms with Crippen LogP contribution in [-0.2, 0) is 19.1 Å². The fourth-order valence-electron chi connectivity index (χ4n) is 3.63. The number of carbonyl (C=O) groups is 3. The smallest absolute Gasteiger partial charge is 0.315 e. The van der Waals surface area contributed by atoms with Gasteiger partial charge in [0.05, 0.1) is 29.7 Å². The van der Waals surface area contributed by atoms with E-state index in [0.29, 0.717) is 21.7 Å². The van der Waals surface area contributed by atoms with Crippen LogP contribution in [0.2, 0.25) is 5.02 Å². The Balaban J connectivity index is 1.79. The van der Waals surface area contributed by atoms with Gasteiger partial charge in [0.2, 0.25) is 11.8 Å². The van der Waals surface area contributed by atoms with Gasteiger partial charge in [0.1, 0.15) is 11.6 Å². The molecule has 0 saturated carbocycles.